The van der Waals surface area contributed by atoms with Gasteiger partial charge in [-0.15, -0.1) is 0 Å². The molecule has 0 aliphatic rings. The van der Waals surface area contributed by atoms with Gasteiger partial charge in [0.1, 0.15) is 0 Å². The third-order valence-corrected chi connectivity index (χ3v) is 9.02. The summed E-state index contributed by atoms with van der Waals surface area (Å²) in [6, 6.07) is -0.235. The van der Waals surface area contributed by atoms with Crippen molar-refractivity contribution >= 4 is 65.3 Å². The average molecular weight is 363 g/mol. The molecule has 0 aromatic rings. The van der Waals surface area contributed by atoms with Crippen molar-refractivity contribution in [1.82, 2.24) is 4.67 Å². The van der Waals surface area contributed by atoms with Gasteiger partial charge >= 0.3 is 0 Å². The van der Waals surface area contributed by atoms with Gasteiger partial charge in [-0.1, -0.05) is 58.0 Å². The lowest BCUT2D eigenvalue weighted by Crippen LogP contribution is -2.42. The molecule has 0 saturated carbocycles. The van der Waals surface area contributed by atoms with Gasteiger partial charge in [-0.3, -0.25) is 4.57 Å². The van der Waals surface area contributed by atoms with Crippen molar-refractivity contribution in [3.8, 4) is 0 Å². The van der Waals surface area contributed by atoms with Crippen molar-refractivity contribution in [3.63, 3.8) is 0 Å². The van der Waals surface area contributed by atoms with Gasteiger partial charge in [-0.25, -0.2) is 4.67 Å². The molecule has 0 radical (unpaired) electrons. The van der Waals surface area contributed by atoms with Gasteiger partial charge in [0.2, 0.25) is 7.29 Å². The highest BCUT2D eigenvalue weighted by atomic mass is 35.6. The van der Waals surface area contributed by atoms with Crippen molar-refractivity contribution in [2.24, 2.45) is 0 Å². The van der Waals surface area contributed by atoms with E-state index in [0.717, 1.165) is 0 Å². The van der Waals surface area contributed by atoms with Crippen molar-refractivity contribution in [2.45, 2.75) is 54.3 Å². The van der Waals surface area contributed by atoms with Gasteiger partial charge in [-0.2, -0.15) is 0 Å². The summed E-state index contributed by atoms with van der Waals surface area (Å²) in [5.74, 6) is 0. The molecule has 0 unspecified atom stereocenters. The van der Waals surface area contributed by atoms with Crippen molar-refractivity contribution in [2.75, 3.05) is 0 Å². The SMILES string of the molecule is CC(C)N(C(C)C)[P@@](=O)(C(C)(Cl)Cl)C(Cl)(Cl)Cl. The largest absolute Gasteiger partial charge is 0.299 e. The Labute approximate surface area is 128 Å². The molecular weight excluding hydrogens is 346 g/mol. The molecule has 104 valence electrons. The highest BCUT2D eigenvalue weighted by Crippen LogP contribution is 2.77. The lowest BCUT2D eigenvalue weighted by molar-refractivity contribution is 0.296. The Kier molecular flexibility index (Phi) is 6.53. The zero-order chi connectivity index (χ0) is 14.2. The second kappa shape index (κ2) is 5.95. The Balaban J connectivity index is 5.89. The van der Waals surface area contributed by atoms with Crippen LogP contribution in [0.5, 0.6) is 0 Å². The lowest BCUT2D eigenvalue weighted by atomic mass is 10.3. The second-order valence-electron chi connectivity index (χ2n) is 4.45. The molecule has 0 aliphatic heterocycles. The predicted octanol–water partition coefficient (Wildman–Crippen LogP) is 5.86. The fourth-order valence-corrected chi connectivity index (χ4v) is 8.59. The quantitative estimate of drug-likeness (QED) is 0.460. The predicted molar refractivity (Wildman–Crippen MR) is 80.1 cm³/mol. The molecule has 1 atom stereocenters. The Morgan fingerprint density at radius 1 is 0.941 bits per heavy atom. The average Bonchev–Trinajstić information content (AvgIpc) is 1.97. The summed E-state index contributed by atoms with van der Waals surface area (Å²) in [4.78, 5) is 0. The first-order valence-electron chi connectivity index (χ1n) is 5.10. The van der Waals surface area contributed by atoms with E-state index in [1.165, 1.54) is 6.92 Å². The van der Waals surface area contributed by atoms with Crippen LogP contribution in [0.1, 0.15) is 34.6 Å². The molecule has 0 aromatic heterocycles. The second-order valence-corrected chi connectivity index (χ2v) is 12.9. The number of nitrogens with zero attached hydrogens (tertiary/aromatic N) is 1. The van der Waals surface area contributed by atoms with Crippen LogP contribution in [0.3, 0.4) is 0 Å². The summed E-state index contributed by atoms with van der Waals surface area (Å²) in [6.45, 7) is 8.78. The third kappa shape index (κ3) is 3.81. The summed E-state index contributed by atoms with van der Waals surface area (Å²) >= 11 is 29.6. The fourth-order valence-electron chi connectivity index (χ4n) is 1.80. The molecule has 8 heteroatoms. The standard InChI is InChI=1S/C9H17Cl5NOP/c1-6(2)15(7(3)4)17(16,8(5,10)11)9(12,13)14/h6-7H,1-5H3/t17-/m1/s1. The zero-order valence-electron chi connectivity index (χ0n) is 10.3. The van der Waals surface area contributed by atoms with Crippen LogP contribution < -0.4 is 0 Å². The summed E-state index contributed by atoms with van der Waals surface area (Å²) in [6.07, 6.45) is 0. The molecule has 0 N–H and O–H groups in total. The van der Waals surface area contributed by atoms with Gasteiger partial charge in [0, 0.05) is 12.1 Å². The molecule has 0 saturated heterocycles. The Hall–Kier alpha value is 1.64. The molecule has 2 nitrogen and oxygen atoms in total. The topological polar surface area (TPSA) is 20.3 Å². The highest BCUT2D eigenvalue weighted by Gasteiger charge is 2.60. The third-order valence-electron chi connectivity index (χ3n) is 2.26. The molecular formula is C9H17Cl5NOP. The van der Waals surface area contributed by atoms with Crippen LogP contribution in [0, 0.1) is 0 Å². The molecule has 0 fully saturated rings. The molecule has 0 amide bonds. The molecule has 0 aromatic carbocycles. The zero-order valence-corrected chi connectivity index (χ0v) is 15.0. The van der Waals surface area contributed by atoms with E-state index >= 15 is 0 Å². The Morgan fingerprint density at radius 2 is 1.24 bits per heavy atom. The van der Waals surface area contributed by atoms with E-state index in [-0.39, 0.29) is 12.1 Å². The summed E-state index contributed by atoms with van der Waals surface area (Å²) in [5.41, 5.74) is 0. The lowest BCUT2D eigenvalue weighted by Gasteiger charge is -2.45. The van der Waals surface area contributed by atoms with Crippen molar-refractivity contribution in [1.29, 1.82) is 0 Å². The number of alkyl halides is 5. The number of hydrogen-bond donors (Lipinski definition) is 0. The smallest absolute Gasteiger partial charge is 0.258 e. The van der Waals surface area contributed by atoms with E-state index in [1.54, 1.807) is 4.67 Å². The van der Waals surface area contributed by atoms with Gasteiger partial charge in [0.15, 0.2) is 4.07 Å². The van der Waals surface area contributed by atoms with Gasteiger partial charge < -0.3 is 0 Å². The number of rotatable bonds is 4. The van der Waals surface area contributed by atoms with Gasteiger partial charge in [0.25, 0.3) is 3.53 Å². The van der Waals surface area contributed by atoms with Crippen LogP contribution in [0.4, 0.5) is 0 Å². The van der Waals surface area contributed by atoms with Crippen LogP contribution in [0.25, 0.3) is 0 Å². The van der Waals surface area contributed by atoms with Crippen LogP contribution in [-0.2, 0) is 4.57 Å². The molecule has 0 bridgehead atoms. The maximum absolute atomic E-state index is 13.1. The number of halogens is 5. The van der Waals surface area contributed by atoms with Crippen molar-refractivity contribution < 1.29 is 4.57 Å². The van der Waals surface area contributed by atoms with Crippen molar-refractivity contribution in [3.05, 3.63) is 0 Å². The van der Waals surface area contributed by atoms with E-state index in [4.69, 9.17) is 58.0 Å². The first-order chi connectivity index (χ1) is 7.26. The normalized spacial score (nSPS) is 17.9. The minimum absolute atomic E-state index is 0.117. The Bertz CT molecular complexity index is 281. The summed E-state index contributed by atoms with van der Waals surface area (Å²) in [5, 5.41) is 0. The van der Waals surface area contributed by atoms with E-state index in [2.05, 4.69) is 0 Å². The number of hydrogen-bond acceptors (Lipinski definition) is 1. The molecule has 0 spiro atoms. The van der Waals surface area contributed by atoms with E-state index in [9.17, 15) is 4.57 Å². The van der Waals surface area contributed by atoms with Crippen LogP contribution >= 0.6 is 65.3 Å². The maximum Gasteiger partial charge on any atom is 0.258 e. The minimum atomic E-state index is -3.65. The first-order valence-corrected chi connectivity index (χ1v) is 8.65. The van der Waals surface area contributed by atoms with E-state index < -0.39 is 14.9 Å². The van der Waals surface area contributed by atoms with E-state index in [0.29, 0.717) is 0 Å². The molecule has 0 aliphatic carbocycles. The van der Waals surface area contributed by atoms with Crippen LogP contribution in [0.2, 0.25) is 0 Å². The summed E-state index contributed by atoms with van der Waals surface area (Å²) < 4.78 is 11.0. The van der Waals surface area contributed by atoms with Crippen LogP contribution in [-0.4, -0.2) is 24.4 Å². The highest BCUT2D eigenvalue weighted by molar-refractivity contribution is 7.74. The maximum atomic E-state index is 13.1. The van der Waals surface area contributed by atoms with Crippen LogP contribution in [0.15, 0.2) is 0 Å². The monoisotopic (exact) mass is 361 g/mol. The molecule has 17 heavy (non-hydrogen) atoms. The Morgan fingerprint density at radius 3 is 1.29 bits per heavy atom. The minimum Gasteiger partial charge on any atom is -0.299 e. The molecule has 0 heterocycles. The van der Waals surface area contributed by atoms with E-state index in [1.807, 2.05) is 27.7 Å². The first kappa shape index (κ1) is 18.6. The van der Waals surface area contributed by atoms with Gasteiger partial charge in [-0.05, 0) is 34.6 Å². The summed E-state index contributed by atoms with van der Waals surface area (Å²) in [7, 11) is -3.65. The van der Waals surface area contributed by atoms with Gasteiger partial charge in [0.05, 0.1) is 0 Å². The fraction of sp³-hybridized carbons (Fsp3) is 1.00. The molecule has 0 rings (SSSR count).